The Kier molecular flexibility index (Phi) is 4.79. The fourth-order valence-electron chi connectivity index (χ4n) is 2.14. The molecule has 0 aliphatic heterocycles. The molecular weight excluding hydrogens is 324 g/mol. The van der Waals surface area contributed by atoms with Crippen molar-refractivity contribution in [2.45, 2.75) is 6.61 Å². The van der Waals surface area contributed by atoms with E-state index in [4.69, 9.17) is 4.74 Å². The predicted molar refractivity (Wildman–Crippen MR) is 86.1 cm³/mol. The summed E-state index contributed by atoms with van der Waals surface area (Å²) in [6.07, 6.45) is 1.44. The lowest BCUT2D eigenvalue weighted by Gasteiger charge is -2.07. The second-order valence-corrected chi connectivity index (χ2v) is 5.07. The first-order valence-corrected chi connectivity index (χ1v) is 7.35. The zero-order valence-corrected chi connectivity index (χ0v) is 13.3. The van der Waals surface area contributed by atoms with Gasteiger partial charge in [0.15, 0.2) is 0 Å². The maximum Gasteiger partial charge on any atom is 0.338 e. The van der Waals surface area contributed by atoms with Crippen LogP contribution >= 0.6 is 0 Å². The highest BCUT2D eigenvalue weighted by Crippen LogP contribution is 2.12. The molecule has 0 atom stereocenters. The molecule has 0 saturated carbocycles. The normalized spacial score (nSPS) is 10.3. The smallest absolute Gasteiger partial charge is 0.338 e. The fourth-order valence-corrected chi connectivity index (χ4v) is 2.14. The van der Waals surface area contributed by atoms with Crippen molar-refractivity contribution >= 4 is 11.9 Å². The van der Waals surface area contributed by atoms with Gasteiger partial charge in [-0.25, -0.2) is 14.3 Å². The Labute approximate surface area is 143 Å². The van der Waals surface area contributed by atoms with Crippen LogP contribution < -0.4 is 0 Å². The van der Waals surface area contributed by atoms with Crippen LogP contribution in [0.3, 0.4) is 0 Å². The molecule has 2 aromatic carbocycles. The van der Waals surface area contributed by atoms with E-state index in [2.05, 4.69) is 20.3 Å². The summed E-state index contributed by atoms with van der Waals surface area (Å²) in [6, 6.07) is 13.4. The van der Waals surface area contributed by atoms with Crippen molar-refractivity contribution in [2.75, 3.05) is 7.11 Å². The maximum absolute atomic E-state index is 12.2. The third-order valence-electron chi connectivity index (χ3n) is 3.44. The summed E-state index contributed by atoms with van der Waals surface area (Å²) in [4.78, 5) is 23.6. The number of carbonyl (C=O) groups is 2. The number of methoxy groups -OCH3 is 1. The topological polar surface area (TPSA) is 96.2 Å². The highest BCUT2D eigenvalue weighted by atomic mass is 16.5. The van der Waals surface area contributed by atoms with Crippen LogP contribution in [0, 0.1) is 0 Å². The lowest BCUT2D eigenvalue weighted by molar-refractivity contribution is 0.0471. The molecule has 0 N–H and O–H groups in total. The zero-order valence-electron chi connectivity index (χ0n) is 13.3. The Bertz CT molecular complexity index is 876. The number of benzene rings is 2. The molecule has 1 heterocycles. The van der Waals surface area contributed by atoms with E-state index < -0.39 is 11.9 Å². The lowest BCUT2D eigenvalue weighted by Crippen LogP contribution is -2.07. The minimum atomic E-state index is -0.466. The maximum atomic E-state index is 12.2. The van der Waals surface area contributed by atoms with Gasteiger partial charge in [0.2, 0.25) is 0 Å². The lowest BCUT2D eigenvalue weighted by atomic mass is 10.1. The summed E-state index contributed by atoms with van der Waals surface area (Å²) in [6.45, 7) is 0.0927. The minimum absolute atomic E-state index is 0.0927. The van der Waals surface area contributed by atoms with Crippen LogP contribution in [-0.2, 0) is 16.1 Å². The summed E-state index contributed by atoms with van der Waals surface area (Å²) in [5, 5.41) is 10.9. The van der Waals surface area contributed by atoms with Crippen molar-refractivity contribution in [3.63, 3.8) is 0 Å². The van der Waals surface area contributed by atoms with Gasteiger partial charge < -0.3 is 9.47 Å². The van der Waals surface area contributed by atoms with E-state index in [-0.39, 0.29) is 6.61 Å². The molecule has 0 aliphatic rings. The van der Waals surface area contributed by atoms with Gasteiger partial charge >= 0.3 is 11.9 Å². The number of hydrogen-bond donors (Lipinski definition) is 0. The first kappa shape index (κ1) is 16.3. The zero-order chi connectivity index (χ0) is 17.6. The first-order valence-electron chi connectivity index (χ1n) is 7.35. The van der Waals surface area contributed by atoms with E-state index in [1.54, 1.807) is 48.5 Å². The van der Waals surface area contributed by atoms with Crippen molar-refractivity contribution in [3.05, 3.63) is 71.5 Å². The Morgan fingerprint density at radius 1 is 1.04 bits per heavy atom. The van der Waals surface area contributed by atoms with Crippen LogP contribution in [0.15, 0.2) is 54.9 Å². The highest BCUT2D eigenvalue weighted by Gasteiger charge is 2.10. The van der Waals surface area contributed by atoms with E-state index in [1.165, 1.54) is 18.1 Å². The summed E-state index contributed by atoms with van der Waals surface area (Å²) in [5.74, 6) is -0.880. The Hall–Kier alpha value is -3.55. The number of hydrogen-bond acceptors (Lipinski definition) is 7. The van der Waals surface area contributed by atoms with Gasteiger partial charge in [0, 0.05) is 0 Å². The highest BCUT2D eigenvalue weighted by molar-refractivity contribution is 5.90. The number of esters is 2. The van der Waals surface area contributed by atoms with E-state index in [1.807, 2.05) is 0 Å². The van der Waals surface area contributed by atoms with Gasteiger partial charge in [0.05, 0.1) is 23.9 Å². The summed E-state index contributed by atoms with van der Waals surface area (Å²) < 4.78 is 11.4. The van der Waals surface area contributed by atoms with Gasteiger partial charge in [-0.1, -0.05) is 18.2 Å². The molecule has 126 valence electrons. The van der Waals surface area contributed by atoms with Crippen LogP contribution in [0.2, 0.25) is 0 Å². The van der Waals surface area contributed by atoms with Gasteiger partial charge in [-0.05, 0) is 46.3 Å². The molecule has 0 aliphatic carbocycles. The van der Waals surface area contributed by atoms with E-state index >= 15 is 0 Å². The van der Waals surface area contributed by atoms with Crippen molar-refractivity contribution in [3.8, 4) is 5.69 Å². The Morgan fingerprint density at radius 3 is 2.52 bits per heavy atom. The number of carbonyl (C=O) groups excluding carboxylic acids is 2. The summed E-state index contributed by atoms with van der Waals surface area (Å²) in [5.41, 5.74) is 2.24. The number of tetrazole rings is 1. The summed E-state index contributed by atoms with van der Waals surface area (Å²) in [7, 11) is 1.32. The number of aromatic nitrogens is 4. The SMILES string of the molecule is COC(=O)c1ccc(COC(=O)c2cccc(-n3cnnn3)c2)cc1. The average molecular weight is 338 g/mol. The third-order valence-corrected chi connectivity index (χ3v) is 3.44. The molecule has 0 spiro atoms. The Morgan fingerprint density at radius 2 is 1.84 bits per heavy atom. The summed E-state index contributed by atoms with van der Waals surface area (Å²) >= 11 is 0. The van der Waals surface area contributed by atoms with Crippen LogP contribution in [0.5, 0.6) is 0 Å². The fraction of sp³-hybridized carbons (Fsp3) is 0.118. The number of rotatable bonds is 5. The Balaban J connectivity index is 1.65. The molecule has 3 rings (SSSR count). The standard InChI is InChI=1S/C17H14N4O4/c1-24-16(22)13-7-5-12(6-8-13)10-25-17(23)14-3-2-4-15(9-14)21-11-18-19-20-21/h2-9,11H,10H2,1H3. The van der Waals surface area contributed by atoms with Crippen LogP contribution in [0.25, 0.3) is 5.69 Å². The predicted octanol–water partition coefficient (Wildman–Crippen LogP) is 1.81. The van der Waals surface area contributed by atoms with Crippen molar-refractivity contribution < 1.29 is 19.1 Å². The number of nitrogens with zero attached hydrogens (tertiary/aromatic N) is 4. The molecule has 3 aromatic rings. The van der Waals surface area contributed by atoms with E-state index in [9.17, 15) is 9.59 Å². The van der Waals surface area contributed by atoms with Gasteiger partial charge in [-0.3, -0.25) is 0 Å². The van der Waals surface area contributed by atoms with Gasteiger partial charge in [0.25, 0.3) is 0 Å². The molecule has 0 bridgehead atoms. The second-order valence-electron chi connectivity index (χ2n) is 5.07. The van der Waals surface area contributed by atoms with Crippen molar-refractivity contribution in [1.29, 1.82) is 0 Å². The molecule has 0 unspecified atom stereocenters. The van der Waals surface area contributed by atoms with Gasteiger partial charge in [0.1, 0.15) is 12.9 Å². The quantitative estimate of drug-likeness (QED) is 0.654. The second kappa shape index (κ2) is 7.35. The molecule has 8 heteroatoms. The van der Waals surface area contributed by atoms with Gasteiger partial charge in [-0.15, -0.1) is 5.10 Å². The average Bonchev–Trinajstić information content (AvgIpc) is 3.21. The molecule has 0 radical (unpaired) electrons. The van der Waals surface area contributed by atoms with E-state index in [0.29, 0.717) is 16.8 Å². The monoisotopic (exact) mass is 338 g/mol. The molecular formula is C17H14N4O4. The molecule has 0 fully saturated rings. The molecule has 0 amide bonds. The van der Waals surface area contributed by atoms with E-state index in [0.717, 1.165) is 5.56 Å². The van der Waals surface area contributed by atoms with Crippen LogP contribution in [-0.4, -0.2) is 39.3 Å². The molecule has 1 aromatic heterocycles. The van der Waals surface area contributed by atoms with Gasteiger partial charge in [-0.2, -0.15) is 0 Å². The van der Waals surface area contributed by atoms with Crippen molar-refractivity contribution in [2.24, 2.45) is 0 Å². The van der Waals surface area contributed by atoms with Crippen LogP contribution in [0.1, 0.15) is 26.3 Å². The molecule has 0 saturated heterocycles. The first-order chi connectivity index (χ1) is 12.2. The molecule has 8 nitrogen and oxygen atoms in total. The minimum Gasteiger partial charge on any atom is -0.465 e. The number of ether oxygens (including phenoxy) is 2. The largest absolute Gasteiger partial charge is 0.465 e. The van der Waals surface area contributed by atoms with Crippen LogP contribution in [0.4, 0.5) is 0 Å². The van der Waals surface area contributed by atoms with Crippen molar-refractivity contribution in [1.82, 2.24) is 20.2 Å². The third kappa shape index (κ3) is 3.86. The molecule has 25 heavy (non-hydrogen) atoms.